The summed E-state index contributed by atoms with van der Waals surface area (Å²) < 4.78 is 2.36. The topological polar surface area (TPSA) is 42.2 Å². The summed E-state index contributed by atoms with van der Waals surface area (Å²) in [5.41, 5.74) is 8.36. The minimum Gasteiger partial charge on any atom is -0.481 e. The average molecular weight is 402 g/mol. The van der Waals surface area contributed by atoms with E-state index in [-0.39, 0.29) is 6.42 Å². The number of carboxylic acids is 1. The van der Waals surface area contributed by atoms with Crippen LogP contribution in [0.2, 0.25) is 0 Å². The molecule has 3 rings (SSSR count). The van der Waals surface area contributed by atoms with Crippen LogP contribution < -0.4 is 0 Å². The largest absolute Gasteiger partial charge is 0.481 e. The lowest BCUT2D eigenvalue weighted by atomic mass is 9.99. The van der Waals surface area contributed by atoms with Gasteiger partial charge in [0.25, 0.3) is 0 Å². The molecule has 3 nitrogen and oxygen atoms in total. The third-order valence-corrected chi connectivity index (χ3v) is 5.56. The van der Waals surface area contributed by atoms with Crippen molar-refractivity contribution in [1.29, 1.82) is 0 Å². The number of benzene rings is 1. The van der Waals surface area contributed by atoms with Crippen LogP contribution in [0.3, 0.4) is 0 Å². The fourth-order valence-corrected chi connectivity index (χ4v) is 3.94. The van der Waals surface area contributed by atoms with Gasteiger partial charge in [-0.3, -0.25) is 4.79 Å². The normalized spacial score (nSPS) is 14.5. The SMILES string of the molecule is C/C=C(\C)c1cc(-c2ccccc2)c(C(C)C)n1C1=CC=CCC(CCC(=O)O)=C1. The Kier molecular flexibility index (Phi) is 6.94. The zero-order valence-electron chi connectivity index (χ0n) is 18.4. The molecule has 0 unspecified atom stereocenters. The molecule has 0 saturated carbocycles. The van der Waals surface area contributed by atoms with E-state index < -0.39 is 5.97 Å². The maximum absolute atomic E-state index is 11.1. The minimum atomic E-state index is -0.754. The highest BCUT2D eigenvalue weighted by Crippen LogP contribution is 2.38. The molecule has 3 heteroatoms. The van der Waals surface area contributed by atoms with Crippen LogP contribution in [0, 0.1) is 0 Å². The van der Waals surface area contributed by atoms with Gasteiger partial charge in [-0.15, -0.1) is 0 Å². The second kappa shape index (κ2) is 9.62. The number of allylic oxidation sites excluding steroid dienone is 8. The number of carboxylic acid groups (broad SMARTS) is 1. The smallest absolute Gasteiger partial charge is 0.303 e. The summed E-state index contributed by atoms with van der Waals surface area (Å²) in [4.78, 5) is 11.1. The molecule has 0 atom stereocenters. The van der Waals surface area contributed by atoms with Crippen molar-refractivity contribution < 1.29 is 9.90 Å². The Labute approximate surface area is 179 Å². The van der Waals surface area contributed by atoms with Crippen LogP contribution in [-0.4, -0.2) is 15.6 Å². The van der Waals surface area contributed by atoms with Gasteiger partial charge in [0.2, 0.25) is 0 Å². The van der Waals surface area contributed by atoms with Gasteiger partial charge >= 0.3 is 5.97 Å². The molecule has 1 aliphatic carbocycles. The molecule has 2 aromatic rings. The molecule has 0 amide bonds. The number of hydrogen-bond donors (Lipinski definition) is 1. The summed E-state index contributed by atoms with van der Waals surface area (Å²) >= 11 is 0. The molecule has 0 saturated heterocycles. The number of carbonyl (C=O) groups is 1. The monoisotopic (exact) mass is 401 g/mol. The first-order chi connectivity index (χ1) is 14.4. The van der Waals surface area contributed by atoms with E-state index >= 15 is 0 Å². The molecule has 1 aromatic carbocycles. The molecular weight excluding hydrogens is 370 g/mol. The summed E-state index contributed by atoms with van der Waals surface area (Å²) in [7, 11) is 0. The van der Waals surface area contributed by atoms with Gasteiger partial charge in [-0.05, 0) is 62.0 Å². The maximum Gasteiger partial charge on any atom is 0.303 e. The molecular formula is C27H31NO2. The van der Waals surface area contributed by atoms with Gasteiger partial charge in [-0.25, -0.2) is 0 Å². The van der Waals surface area contributed by atoms with Crippen LogP contribution in [0.4, 0.5) is 0 Å². The van der Waals surface area contributed by atoms with Crippen molar-refractivity contribution in [2.45, 2.75) is 52.9 Å². The average Bonchev–Trinajstić information content (AvgIpc) is 2.99. The highest BCUT2D eigenvalue weighted by Gasteiger charge is 2.21. The van der Waals surface area contributed by atoms with Gasteiger partial charge in [-0.2, -0.15) is 0 Å². The third kappa shape index (κ3) is 4.73. The van der Waals surface area contributed by atoms with Crippen molar-refractivity contribution in [2.75, 3.05) is 0 Å². The summed E-state index contributed by atoms with van der Waals surface area (Å²) in [6.45, 7) is 8.68. The second-order valence-corrected chi connectivity index (χ2v) is 8.08. The van der Waals surface area contributed by atoms with Crippen molar-refractivity contribution in [3.8, 4) is 11.1 Å². The number of rotatable bonds is 7. The van der Waals surface area contributed by atoms with Crippen molar-refractivity contribution in [3.05, 3.63) is 83.7 Å². The molecule has 156 valence electrons. The van der Waals surface area contributed by atoms with Crippen LogP contribution in [-0.2, 0) is 4.79 Å². The lowest BCUT2D eigenvalue weighted by Crippen LogP contribution is -2.07. The first-order valence-electron chi connectivity index (χ1n) is 10.6. The fourth-order valence-electron chi connectivity index (χ4n) is 3.94. The van der Waals surface area contributed by atoms with Gasteiger partial charge in [0.05, 0.1) is 0 Å². The molecule has 1 aliphatic rings. The predicted molar refractivity (Wildman–Crippen MR) is 126 cm³/mol. The maximum atomic E-state index is 11.1. The first kappa shape index (κ1) is 21.6. The van der Waals surface area contributed by atoms with Crippen molar-refractivity contribution in [1.82, 2.24) is 4.57 Å². The van der Waals surface area contributed by atoms with Gasteiger partial charge in [0.1, 0.15) is 0 Å². The lowest BCUT2D eigenvalue weighted by molar-refractivity contribution is -0.136. The van der Waals surface area contributed by atoms with Gasteiger partial charge in [0.15, 0.2) is 0 Å². The van der Waals surface area contributed by atoms with Crippen LogP contribution >= 0.6 is 0 Å². The van der Waals surface area contributed by atoms with E-state index in [1.54, 1.807) is 0 Å². The van der Waals surface area contributed by atoms with Gasteiger partial charge in [0, 0.05) is 29.1 Å². The first-order valence-corrected chi connectivity index (χ1v) is 10.6. The molecule has 0 bridgehead atoms. The number of nitrogens with zero attached hydrogens (tertiary/aromatic N) is 1. The van der Waals surface area contributed by atoms with Crippen molar-refractivity contribution in [2.24, 2.45) is 0 Å². The van der Waals surface area contributed by atoms with Crippen LogP contribution in [0.5, 0.6) is 0 Å². The van der Waals surface area contributed by atoms with Crippen LogP contribution in [0.15, 0.2) is 72.4 Å². The Balaban J connectivity index is 2.23. The van der Waals surface area contributed by atoms with Crippen molar-refractivity contribution >= 4 is 17.2 Å². The summed E-state index contributed by atoms with van der Waals surface area (Å²) in [6.07, 6.45) is 12.2. The Morgan fingerprint density at radius 1 is 1.23 bits per heavy atom. The molecule has 0 fully saturated rings. The minimum absolute atomic E-state index is 0.158. The van der Waals surface area contributed by atoms with Gasteiger partial charge < -0.3 is 9.67 Å². The molecule has 0 spiro atoms. The van der Waals surface area contributed by atoms with E-state index in [0.717, 1.165) is 17.7 Å². The Hall–Kier alpha value is -3.07. The van der Waals surface area contributed by atoms with E-state index in [1.165, 1.54) is 28.1 Å². The Morgan fingerprint density at radius 3 is 2.60 bits per heavy atom. The van der Waals surface area contributed by atoms with Gasteiger partial charge in [-0.1, -0.05) is 68.0 Å². The molecule has 1 heterocycles. The zero-order chi connectivity index (χ0) is 21.7. The lowest BCUT2D eigenvalue weighted by Gasteiger charge is -2.19. The molecule has 0 radical (unpaired) electrons. The zero-order valence-corrected chi connectivity index (χ0v) is 18.4. The standard InChI is InChI=1S/C27H31NO2/c1-5-20(4)25-18-24(22-12-7-6-8-13-22)27(19(2)3)28(25)23-14-10-9-11-21(17-23)15-16-26(29)30/h5-10,12-14,17-19H,11,15-16H2,1-4H3,(H,29,30)/b20-5+. The molecule has 1 aromatic heterocycles. The Morgan fingerprint density at radius 2 is 1.97 bits per heavy atom. The summed E-state index contributed by atoms with van der Waals surface area (Å²) in [6, 6.07) is 12.8. The molecule has 1 N–H and O–H groups in total. The number of aromatic nitrogens is 1. The van der Waals surface area contributed by atoms with E-state index in [2.05, 4.69) is 93.0 Å². The summed E-state index contributed by atoms with van der Waals surface area (Å²) in [5, 5.41) is 9.12. The van der Waals surface area contributed by atoms with E-state index in [1.807, 2.05) is 6.07 Å². The predicted octanol–water partition coefficient (Wildman–Crippen LogP) is 7.29. The Bertz CT molecular complexity index is 1030. The van der Waals surface area contributed by atoms with E-state index in [0.29, 0.717) is 12.3 Å². The highest BCUT2D eigenvalue weighted by molar-refractivity contribution is 5.80. The number of aliphatic carboxylic acids is 1. The third-order valence-electron chi connectivity index (χ3n) is 5.56. The van der Waals surface area contributed by atoms with E-state index in [4.69, 9.17) is 5.11 Å². The second-order valence-electron chi connectivity index (χ2n) is 8.08. The number of hydrogen-bond acceptors (Lipinski definition) is 1. The van der Waals surface area contributed by atoms with E-state index in [9.17, 15) is 4.79 Å². The molecule has 0 aliphatic heterocycles. The van der Waals surface area contributed by atoms with Crippen LogP contribution in [0.25, 0.3) is 22.4 Å². The fraction of sp³-hybridized carbons (Fsp3) is 0.296. The highest BCUT2D eigenvalue weighted by atomic mass is 16.4. The molecule has 30 heavy (non-hydrogen) atoms. The quantitative estimate of drug-likeness (QED) is 0.529. The van der Waals surface area contributed by atoms with Crippen LogP contribution in [0.1, 0.15) is 64.3 Å². The van der Waals surface area contributed by atoms with Crippen molar-refractivity contribution in [3.63, 3.8) is 0 Å². The summed E-state index contributed by atoms with van der Waals surface area (Å²) in [5.74, 6) is -0.432.